The zero-order valence-electron chi connectivity index (χ0n) is 10.2. The Morgan fingerprint density at radius 3 is 2.78 bits per heavy atom. The minimum absolute atomic E-state index is 0.0286. The molecule has 1 heterocycles. The number of methoxy groups -OCH3 is 1. The van der Waals surface area contributed by atoms with E-state index in [9.17, 15) is 8.42 Å². The summed E-state index contributed by atoms with van der Waals surface area (Å²) in [7, 11) is -1.75. The highest BCUT2D eigenvalue weighted by atomic mass is 32.2. The first-order valence-electron chi connectivity index (χ1n) is 5.49. The molecule has 0 aliphatic heterocycles. The molecule has 1 N–H and O–H groups in total. The smallest absolute Gasteiger partial charge is 0.232 e. The Bertz CT molecular complexity index is 668. The van der Waals surface area contributed by atoms with Crippen molar-refractivity contribution in [3.63, 3.8) is 0 Å². The van der Waals surface area contributed by atoms with Gasteiger partial charge in [-0.25, -0.2) is 8.42 Å². The van der Waals surface area contributed by atoms with Crippen LogP contribution < -0.4 is 9.46 Å². The molecule has 0 aliphatic carbocycles. The van der Waals surface area contributed by atoms with Gasteiger partial charge in [0.2, 0.25) is 10.0 Å². The van der Waals surface area contributed by atoms with Crippen molar-refractivity contribution in [2.45, 2.75) is 6.92 Å². The third-order valence-electron chi connectivity index (χ3n) is 2.60. The van der Waals surface area contributed by atoms with E-state index in [2.05, 4.69) is 9.71 Å². The molecule has 0 aliphatic rings. The van der Waals surface area contributed by atoms with Gasteiger partial charge in [-0.15, -0.1) is 0 Å². The first-order valence-corrected chi connectivity index (χ1v) is 7.15. The molecule has 0 saturated heterocycles. The van der Waals surface area contributed by atoms with Crippen LogP contribution in [0.5, 0.6) is 5.75 Å². The van der Waals surface area contributed by atoms with Crippen LogP contribution in [0.3, 0.4) is 0 Å². The van der Waals surface area contributed by atoms with Gasteiger partial charge in [0.25, 0.3) is 0 Å². The van der Waals surface area contributed by atoms with Crippen LogP contribution in [-0.2, 0) is 10.0 Å². The molecule has 0 amide bonds. The molecular formula is C12H14N2O3S. The predicted molar refractivity (Wildman–Crippen MR) is 71.4 cm³/mol. The number of pyridine rings is 1. The standard InChI is InChI=1S/C12H14N2O3S/c1-3-18(15,16)14-10-6-7-11(17-2)12-9(10)5-4-8-13-12/h4-8,14H,3H2,1-2H3. The van der Waals surface area contributed by atoms with Crippen LogP contribution in [0.4, 0.5) is 5.69 Å². The van der Waals surface area contributed by atoms with Gasteiger partial charge in [-0.3, -0.25) is 9.71 Å². The summed E-state index contributed by atoms with van der Waals surface area (Å²) in [6, 6.07) is 6.93. The highest BCUT2D eigenvalue weighted by Crippen LogP contribution is 2.30. The van der Waals surface area contributed by atoms with Crippen molar-refractivity contribution >= 4 is 26.6 Å². The number of nitrogens with one attached hydrogen (secondary N) is 1. The fourth-order valence-electron chi connectivity index (χ4n) is 1.64. The van der Waals surface area contributed by atoms with Gasteiger partial charge in [0.1, 0.15) is 11.3 Å². The molecule has 0 atom stereocenters. The minimum Gasteiger partial charge on any atom is -0.494 e. The fourth-order valence-corrected chi connectivity index (χ4v) is 2.30. The molecule has 0 unspecified atom stereocenters. The zero-order valence-corrected chi connectivity index (χ0v) is 11.0. The maximum Gasteiger partial charge on any atom is 0.232 e. The summed E-state index contributed by atoms with van der Waals surface area (Å²) in [4.78, 5) is 4.21. The average molecular weight is 266 g/mol. The lowest BCUT2D eigenvalue weighted by Crippen LogP contribution is -2.14. The first kappa shape index (κ1) is 12.6. The molecule has 18 heavy (non-hydrogen) atoms. The molecule has 1 aromatic carbocycles. The minimum atomic E-state index is -3.30. The molecular weight excluding hydrogens is 252 g/mol. The van der Waals surface area contributed by atoms with Crippen molar-refractivity contribution in [2.24, 2.45) is 0 Å². The van der Waals surface area contributed by atoms with Crippen molar-refractivity contribution < 1.29 is 13.2 Å². The number of nitrogens with zero attached hydrogens (tertiary/aromatic N) is 1. The molecule has 0 saturated carbocycles. The van der Waals surface area contributed by atoms with Crippen molar-refractivity contribution in [1.82, 2.24) is 4.98 Å². The van der Waals surface area contributed by atoms with Crippen molar-refractivity contribution in [3.8, 4) is 5.75 Å². The van der Waals surface area contributed by atoms with Gasteiger partial charge in [-0.1, -0.05) is 0 Å². The summed E-state index contributed by atoms with van der Waals surface area (Å²) in [5.41, 5.74) is 1.15. The maximum absolute atomic E-state index is 11.6. The molecule has 0 radical (unpaired) electrons. The Kier molecular flexibility index (Phi) is 3.38. The van der Waals surface area contributed by atoms with Crippen LogP contribution in [0.25, 0.3) is 10.9 Å². The van der Waals surface area contributed by atoms with Crippen molar-refractivity contribution in [3.05, 3.63) is 30.5 Å². The Morgan fingerprint density at radius 1 is 1.33 bits per heavy atom. The maximum atomic E-state index is 11.6. The SMILES string of the molecule is CCS(=O)(=O)Nc1ccc(OC)c2ncccc12. The normalized spacial score (nSPS) is 11.4. The zero-order chi connectivity index (χ0) is 13.2. The van der Waals surface area contributed by atoms with Crippen LogP contribution in [0.15, 0.2) is 30.5 Å². The highest BCUT2D eigenvalue weighted by molar-refractivity contribution is 7.92. The van der Waals surface area contributed by atoms with Gasteiger partial charge in [0.05, 0.1) is 18.6 Å². The lowest BCUT2D eigenvalue weighted by Gasteiger charge is -2.11. The van der Waals surface area contributed by atoms with E-state index in [0.717, 1.165) is 0 Å². The Labute approximate surface area is 106 Å². The summed E-state index contributed by atoms with van der Waals surface area (Å²) in [5.74, 6) is 0.644. The van der Waals surface area contributed by atoms with Gasteiger partial charge >= 0.3 is 0 Å². The third kappa shape index (κ3) is 2.38. The Balaban J connectivity index is 2.60. The van der Waals surface area contributed by atoms with Crippen LogP contribution in [-0.4, -0.2) is 26.3 Å². The second-order valence-electron chi connectivity index (χ2n) is 3.72. The predicted octanol–water partition coefficient (Wildman–Crippen LogP) is 2.00. The van der Waals surface area contributed by atoms with E-state index in [0.29, 0.717) is 22.3 Å². The molecule has 0 bridgehead atoms. The quantitative estimate of drug-likeness (QED) is 0.919. The lowest BCUT2D eigenvalue weighted by atomic mass is 10.2. The van der Waals surface area contributed by atoms with Gasteiger partial charge in [0, 0.05) is 11.6 Å². The molecule has 96 valence electrons. The van der Waals surface area contributed by atoms with Crippen molar-refractivity contribution in [2.75, 3.05) is 17.6 Å². The number of rotatable bonds is 4. The van der Waals surface area contributed by atoms with E-state index in [1.807, 2.05) is 0 Å². The van der Waals surface area contributed by atoms with Gasteiger partial charge in [-0.2, -0.15) is 0 Å². The lowest BCUT2D eigenvalue weighted by molar-refractivity contribution is 0.419. The van der Waals surface area contributed by atoms with E-state index < -0.39 is 10.0 Å². The Morgan fingerprint density at radius 2 is 2.11 bits per heavy atom. The topological polar surface area (TPSA) is 68.3 Å². The van der Waals surface area contributed by atoms with Crippen molar-refractivity contribution in [1.29, 1.82) is 0 Å². The molecule has 0 fully saturated rings. The second kappa shape index (κ2) is 4.81. The largest absolute Gasteiger partial charge is 0.494 e. The summed E-state index contributed by atoms with van der Waals surface area (Å²) >= 11 is 0. The number of anilines is 1. The first-order chi connectivity index (χ1) is 8.57. The van der Waals surface area contributed by atoms with E-state index >= 15 is 0 Å². The summed E-state index contributed by atoms with van der Waals surface area (Å²) in [6.07, 6.45) is 1.64. The number of fused-ring (bicyclic) bond motifs is 1. The van der Waals surface area contributed by atoms with Crippen LogP contribution in [0.1, 0.15) is 6.92 Å². The monoisotopic (exact) mass is 266 g/mol. The van der Waals surface area contributed by atoms with Gasteiger partial charge in [-0.05, 0) is 31.2 Å². The molecule has 2 aromatic rings. The van der Waals surface area contributed by atoms with Crippen LogP contribution in [0, 0.1) is 0 Å². The number of hydrogen-bond acceptors (Lipinski definition) is 4. The number of aromatic nitrogens is 1. The fraction of sp³-hybridized carbons (Fsp3) is 0.250. The average Bonchev–Trinajstić information content (AvgIpc) is 2.39. The summed E-state index contributed by atoms with van der Waals surface area (Å²) < 4.78 is 30.9. The molecule has 1 aromatic heterocycles. The molecule has 5 nitrogen and oxygen atoms in total. The van der Waals surface area contributed by atoms with Crippen LogP contribution >= 0.6 is 0 Å². The number of ether oxygens (including phenoxy) is 1. The number of benzene rings is 1. The van der Waals surface area contributed by atoms with E-state index in [-0.39, 0.29) is 5.75 Å². The van der Waals surface area contributed by atoms with E-state index in [4.69, 9.17) is 4.74 Å². The Hall–Kier alpha value is -1.82. The van der Waals surface area contributed by atoms with E-state index in [1.54, 1.807) is 44.5 Å². The number of sulfonamides is 1. The van der Waals surface area contributed by atoms with Gasteiger partial charge in [0.15, 0.2) is 0 Å². The van der Waals surface area contributed by atoms with Crippen LogP contribution in [0.2, 0.25) is 0 Å². The van der Waals surface area contributed by atoms with Gasteiger partial charge < -0.3 is 4.74 Å². The van der Waals surface area contributed by atoms with E-state index in [1.165, 1.54) is 0 Å². The second-order valence-corrected chi connectivity index (χ2v) is 5.73. The number of hydrogen-bond donors (Lipinski definition) is 1. The summed E-state index contributed by atoms with van der Waals surface area (Å²) in [6.45, 7) is 1.59. The summed E-state index contributed by atoms with van der Waals surface area (Å²) in [5, 5.41) is 0.717. The third-order valence-corrected chi connectivity index (χ3v) is 3.89. The molecule has 2 rings (SSSR count). The molecule has 0 spiro atoms. The molecule has 6 heteroatoms. The highest BCUT2D eigenvalue weighted by Gasteiger charge is 2.12.